The number of piperazine rings is 1. The second kappa shape index (κ2) is 10.2. The lowest BCUT2D eigenvalue weighted by Gasteiger charge is -2.40. The number of carbonyl (C=O) groups excluding carboxylic acids is 1. The molecule has 2 aromatic rings. The second-order valence-electron chi connectivity index (χ2n) is 8.10. The van der Waals surface area contributed by atoms with Crippen molar-refractivity contribution in [2.75, 3.05) is 26.2 Å². The number of benzene rings is 2. The molecule has 0 spiro atoms. The molecule has 7 nitrogen and oxygen atoms in total. The summed E-state index contributed by atoms with van der Waals surface area (Å²) in [6.45, 7) is 9.34. The molecule has 0 aliphatic carbocycles. The number of nitrogens with zero attached hydrogens (tertiary/aromatic N) is 2. The van der Waals surface area contributed by atoms with E-state index in [-0.39, 0.29) is 33.4 Å². The monoisotopic (exact) mass is 495 g/mol. The van der Waals surface area contributed by atoms with Crippen LogP contribution in [0.2, 0.25) is 5.02 Å². The van der Waals surface area contributed by atoms with Gasteiger partial charge in [0.05, 0.1) is 9.92 Å². The number of hydrogen-bond donors (Lipinski definition) is 1. The maximum absolute atomic E-state index is 14.3. The summed E-state index contributed by atoms with van der Waals surface area (Å²) in [6.07, 6.45) is 0.715. The van der Waals surface area contributed by atoms with Crippen molar-refractivity contribution in [1.82, 2.24) is 9.80 Å². The molecule has 10 heteroatoms. The van der Waals surface area contributed by atoms with E-state index < -0.39 is 16.1 Å². The maximum Gasteiger partial charge on any atom is 0.246 e. The van der Waals surface area contributed by atoms with Crippen molar-refractivity contribution in [3.05, 3.63) is 71.0 Å². The molecule has 33 heavy (non-hydrogen) atoms. The fourth-order valence-corrected chi connectivity index (χ4v) is 4.64. The van der Waals surface area contributed by atoms with Gasteiger partial charge in [0.25, 0.3) is 0 Å². The van der Waals surface area contributed by atoms with E-state index in [4.69, 9.17) is 21.5 Å². The zero-order chi connectivity index (χ0) is 24.3. The van der Waals surface area contributed by atoms with E-state index in [0.29, 0.717) is 37.3 Å². The van der Waals surface area contributed by atoms with Gasteiger partial charge in [-0.05, 0) is 55.3 Å². The van der Waals surface area contributed by atoms with Crippen molar-refractivity contribution in [2.45, 2.75) is 30.9 Å². The fraction of sp³-hybridized carbons (Fsp3) is 0.348. The predicted octanol–water partition coefficient (Wildman–Crippen LogP) is 3.27. The van der Waals surface area contributed by atoms with Gasteiger partial charge in [-0.2, -0.15) is 0 Å². The lowest BCUT2D eigenvalue weighted by Crippen LogP contribution is -2.54. The van der Waals surface area contributed by atoms with E-state index in [2.05, 4.69) is 11.5 Å². The van der Waals surface area contributed by atoms with Crippen LogP contribution in [0.15, 0.2) is 53.9 Å². The molecule has 1 saturated heterocycles. The standard InChI is InChI=1S/C23H27ClFN3O4S/c1-4-23(29)28-10-9-27(13-16(28)3)14-22(17-6-5-15(2)20(25)11-17)32-21-8-7-18(12-19(21)24)33(26,30)31/h4-8,11-12,16,22H,1,9-10,13-14H2,2-3H3,(H2,26,30,31)/t16-,22-/m1/s1. The second-order valence-corrected chi connectivity index (χ2v) is 10.1. The minimum Gasteiger partial charge on any atom is -0.483 e. The topological polar surface area (TPSA) is 92.9 Å². The number of hydrogen-bond acceptors (Lipinski definition) is 5. The van der Waals surface area contributed by atoms with Gasteiger partial charge in [-0.15, -0.1) is 0 Å². The smallest absolute Gasteiger partial charge is 0.246 e. The number of nitrogens with two attached hydrogens (primary N) is 1. The third kappa shape index (κ3) is 6.11. The Labute approximate surface area is 198 Å². The van der Waals surface area contributed by atoms with E-state index in [0.717, 1.165) is 0 Å². The number of aryl methyl sites for hydroxylation is 1. The highest BCUT2D eigenvalue weighted by Gasteiger charge is 2.29. The summed E-state index contributed by atoms with van der Waals surface area (Å²) in [7, 11) is -3.91. The number of sulfonamides is 1. The molecule has 2 aromatic carbocycles. The molecule has 1 heterocycles. The fourth-order valence-electron chi connectivity index (χ4n) is 3.81. The van der Waals surface area contributed by atoms with Crippen LogP contribution in [-0.4, -0.2) is 56.3 Å². The van der Waals surface area contributed by atoms with Gasteiger partial charge in [0, 0.05) is 32.2 Å². The van der Waals surface area contributed by atoms with Crippen molar-refractivity contribution in [2.24, 2.45) is 5.14 Å². The minimum atomic E-state index is -3.91. The molecule has 1 aliphatic rings. The number of carbonyl (C=O) groups is 1. The Hall–Kier alpha value is -2.46. The number of halogens is 2. The lowest BCUT2D eigenvalue weighted by molar-refractivity contribution is -0.130. The largest absolute Gasteiger partial charge is 0.483 e. The minimum absolute atomic E-state index is 0.0303. The van der Waals surface area contributed by atoms with Crippen LogP contribution in [0.4, 0.5) is 4.39 Å². The first-order valence-corrected chi connectivity index (χ1v) is 12.3. The lowest BCUT2D eigenvalue weighted by atomic mass is 10.0. The Morgan fingerprint density at radius 2 is 2.06 bits per heavy atom. The Morgan fingerprint density at radius 1 is 1.33 bits per heavy atom. The van der Waals surface area contributed by atoms with Crippen LogP contribution in [0.1, 0.15) is 24.2 Å². The zero-order valence-corrected chi connectivity index (χ0v) is 20.1. The van der Waals surface area contributed by atoms with Crippen LogP contribution in [-0.2, 0) is 14.8 Å². The highest BCUT2D eigenvalue weighted by atomic mass is 35.5. The Bertz CT molecular complexity index is 1160. The summed E-state index contributed by atoms with van der Waals surface area (Å²) in [5.41, 5.74) is 1.13. The molecule has 3 rings (SSSR count). The predicted molar refractivity (Wildman–Crippen MR) is 125 cm³/mol. The summed E-state index contributed by atoms with van der Waals surface area (Å²) in [4.78, 5) is 15.8. The molecule has 1 aliphatic heterocycles. The molecule has 2 atom stereocenters. The molecule has 178 valence electrons. The first-order chi connectivity index (χ1) is 15.5. The first kappa shape index (κ1) is 25.2. The van der Waals surface area contributed by atoms with Gasteiger partial charge in [-0.3, -0.25) is 9.69 Å². The highest BCUT2D eigenvalue weighted by molar-refractivity contribution is 7.89. The van der Waals surface area contributed by atoms with Crippen LogP contribution in [0.5, 0.6) is 5.75 Å². The van der Waals surface area contributed by atoms with Crippen LogP contribution in [0.25, 0.3) is 0 Å². The van der Waals surface area contributed by atoms with Crippen molar-refractivity contribution in [3.63, 3.8) is 0 Å². The molecule has 0 saturated carbocycles. The van der Waals surface area contributed by atoms with Crippen molar-refractivity contribution < 1.29 is 22.3 Å². The molecular formula is C23H27ClFN3O4S. The van der Waals surface area contributed by atoms with Crippen LogP contribution in [0.3, 0.4) is 0 Å². The molecule has 0 bridgehead atoms. The van der Waals surface area contributed by atoms with E-state index in [1.54, 1.807) is 24.0 Å². The summed E-state index contributed by atoms with van der Waals surface area (Å²) in [5.74, 6) is -0.215. The van der Waals surface area contributed by atoms with Gasteiger partial charge in [-0.25, -0.2) is 17.9 Å². The molecule has 2 N–H and O–H groups in total. The Morgan fingerprint density at radius 3 is 2.64 bits per heavy atom. The summed E-state index contributed by atoms with van der Waals surface area (Å²) < 4.78 is 43.7. The van der Waals surface area contributed by atoms with Crippen LogP contribution in [0, 0.1) is 12.7 Å². The number of primary sulfonamides is 1. The third-order valence-electron chi connectivity index (χ3n) is 5.66. The summed E-state index contributed by atoms with van der Waals surface area (Å²) in [5, 5.41) is 5.25. The molecular weight excluding hydrogens is 469 g/mol. The molecule has 0 unspecified atom stereocenters. The SMILES string of the molecule is C=CC(=O)N1CCN(C[C@@H](Oc2ccc(S(N)(=O)=O)cc2Cl)c2ccc(C)c(F)c2)C[C@H]1C. The Balaban J connectivity index is 1.86. The molecule has 1 amide bonds. The van der Waals surface area contributed by atoms with Crippen molar-refractivity contribution in [1.29, 1.82) is 0 Å². The van der Waals surface area contributed by atoms with E-state index in [9.17, 15) is 17.6 Å². The number of amides is 1. The quantitative estimate of drug-likeness (QED) is 0.595. The van der Waals surface area contributed by atoms with Gasteiger partial charge in [-0.1, -0.05) is 30.3 Å². The van der Waals surface area contributed by atoms with E-state index in [1.807, 2.05) is 6.92 Å². The van der Waals surface area contributed by atoms with Crippen molar-refractivity contribution >= 4 is 27.5 Å². The molecule has 1 fully saturated rings. The van der Waals surface area contributed by atoms with Gasteiger partial charge in [0.15, 0.2) is 0 Å². The molecule has 0 aromatic heterocycles. The van der Waals surface area contributed by atoms with Crippen molar-refractivity contribution in [3.8, 4) is 5.75 Å². The summed E-state index contributed by atoms with van der Waals surface area (Å²) >= 11 is 6.27. The number of ether oxygens (including phenoxy) is 1. The average molecular weight is 496 g/mol. The van der Waals surface area contributed by atoms with Crippen LogP contribution < -0.4 is 9.88 Å². The maximum atomic E-state index is 14.3. The van der Waals surface area contributed by atoms with Crippen LogP contribution >= 0.6 is 11.6 Å². The Kier molecular flexibility index (Phi) is 7.79. The van der Waals surface area contributed by atoms with Gasteiger partial charge in [0.1, 0.15) is 17.7 Å². The van der Waals surface area contributed by atoms with Gasteiger partial charge >= 0.3 is 0 Å². The normalized spacial score (nSPS) is 18.1. The van der Waals surface area contributed by atoms with Gasteiger partial charge in [0.2, 0.25) is 15.9 Å². The molecule has 0 radical (unpaired) electrons. The highest BCUT2D eigenvalue weighted by Crippen LogP contribution is 2.32. The van der Waals surface area contributed by atoms with Gasteiger partial charge < -0.3 is 9.64 Å². The number of rotatable bonds is 7. The summed E-state index contributed by atoms with van der Waals surface area (Å²) in [6, 6.07) is 8.83. The third-order valence-corrected chi connectivity index (χ3v) is 6.87. The van der Waals surface area contributed by atoms with E-state index >= 15 is 0 Å². The average Bonchev–Trinajstić information content (AvgIpc) is 2.75. The first-order valence-electron chi connectivity index (χ1n) is 10.4. The zero-order valence-electron chi connectivity index (χ0n) is 18.5. The van der Waals surface area contributed by atoms with E-state index in [1.165, 1.54) is 30.3 Å².